The lowest BCUT2D eigenvalue weighted by atomic mass is 9.95. The number of rotatable bonds is 5. The largest absolute Gasteiger partial charge is 0.456 e. The van der Waals surface area contributed by atoms with Crippen LogP contribution in [0.1, 0.15) is 18.4 Å². The lowest BCUT2D eigenvalue weighted by Gasteiger charge is -2.12. The van der Waals surface area contributed by atoms with Gasteiger partial charge in [-0.1, -0.05) is 133 Å². The van der Waals surface area contributed by atoms with Crippen LogP contribution in [0.2, 0.25) is 0 Å². The van der Waals surface area contributed by atoms with Crippen molar-refractivity contribution in [1.82, 2.24) is 19.5 Å². The predicted molar refractivity (Wildman–Crippen MR) is 204 cm³/mol. The monoisotopic (exact) mass is 642 g/mol. The molecule has 0 unspecified atom stereocenters. The van der Waals surface area contributed by atoms with Crippen LogP contribution in [0.25, 0.3) is 89.2 Å². The van der Waals surface area contributed by atoms with Crippen LogP contribution in [0.5, 0.6) is 0 Å². The van der Waals surface area contributed by atoms with Gasteiger partial charge in [-0.25, -0.2) is 4.98 Å². The van der Waals surface area contributed by atoms with Gasteiger partial charge in [0, 0.05) is 32.7 Å². The van der Waals surface area contributed by atoms with E-state index in [0.29, 0.717) is 17.6 Å². The third kappa shape index (κ3) is 4.66. The van der Waals surface area contributed by atoms with Gasteiger partial charge in [0.15, 0.2) is 11.6 Å². The predicted octanol–water partition coefficient (Wildman–Crippen LogP) is 11.6. The van der Waals surface area contributed by atoms with Gasteiger partial charge in [0.25, 0.3) is 0 Å². The fraction of sp³-hybridized carbons (Fsp3) is 0.0444. The van der Waals surface area contributed by atoms with Gasteiger partial charge >= 0.3 is 0 Å². The number of nitrogens with zero attached hydrogens (tertiary/aromatic N) is 4. The van der Waals surface area contributed by atoms with E-state index >= 15 is 0 Å². The highest BCUT2D eigenvalue weighted by Gasteiger charge is 2.20. The topological polar surface area (TPSA) is 56.7 Å². The Balaban J connectivity index is 1.21. The molecule has 5 heteroatoms. The number of aromatic nitrogens is 4. The Hall–Kier alpha value is -6.59. The summed E-state index contributed by atoms with van der Waals surface area (Å²) in [5.41, 5.74) is 10.5. The smallest absolute Gasteiger partial charge is 0.238 e. The molecule has 0 fully saturated rings. The van der Waals surface area contributed by atoms with E-state index < -0.39 is 0 Å². The average Bonchev–Trinajstić information content (AvgIpc) is 3.74. The highest BCUT2D eigenvalue weighted by atomic mass is 16.3. The molecule has 1 aliphatic rings. The van der Waals surface area contributed by atoms with Crippen LogP contribution < -0.4 is 0 Å². The number of benzene rings is 6. The maximum Gasteiger partial charge on any atom is 0.238 e. The highest BCUT2D eigenvalue weighted by molar-refractivity contribution is 6.12. The Kier molecular flexibility index (Phi) is 6.56. The molecule has 0 amide bonds. The van der Waals surface area contributed by atoms with Gasteiger partial charge in [-0.15, -0.1) is 0 Å². The minimum absolute atomic E-state index is 0.564. The number of allylic oxidation sites excluding steroid dienone is 4. The molecule has 236 valence electrons. The molecule has 10 rings (SSSR count). The number of fused-ring (bicyclic) bond motifs is 6. The van der Waals surface area contributed by atoms with Gasteiger partial charge in [-0.3, -0.25) is 4.57 Å². The van der Waals surface area contributed by atoms with E-state index in [4.69, 9.17) is 19.4 Å². The first-order chi connectivity index (χ1) is 24.8. The molecule has 0 atom stereocenters. The van der Waals surface area contributed by atoms with Crippen molar-refractivity contribution in [3.05, 3.63) is 163 Å². The highest BCUT2D eigenvalue weighted by Crippen LogP contribution is 2.38. The molecule has 0 aliphatic heterocycles. The second-order valence-corrected chi connectivity index (χ2v) is 12.7. The fourth-order valence-electron chi connectivity index (χ4n) is 7.35. The molecule has 5 nitrogen and oxygen atoms in total. The quantitative estimate of drug-likeness (QED) is 0.187. The number of para-hydroxylation sites is 2. The summed E-state index contributed by atoms with van der Waals surface area (Å²) in [5, 5.41) is 4.32. The van der Waals surface area contributed by atoms with Crippen LogP contribution in [0.3, 0.4) is 0 Å². The molecule has 0 spiro atoms. The van der Waals surface area contributed by atoms with Crippen LogP contribution in [0.15, 0.2) is 162 Å². The maximum absolute atomic E-state index is 6.26. The minimum Gasteiger partial charge on any atom is -0.456 e. The molecule has 0 bridgehead atoms. The number of furan rings is 1. The summed E-state index contributed by atoms with van der Waals surface area (Å²) in [6, 6.07) is 48.5. The SMILES string of the molecule is C1=CCCC(c2ccc(-c3ccc4c5ccccc5n(-c5nc(-c6ccccc6)nc(-c6cccc7oc8ccccc8c67)n5)c4c3)cc2)=C1. The molecular weight excluding hydrogens is 613 g/mol. The van der Waals surface area contributed by atoms with E-state index in [0.717, 1.165) is 73.3 Å². The molecule has 3 heterocycles. The first kappa shape index (κ1) is 28.4. The Labute approximate surface area is 288 Å². The molecule has 1 aliphatic carbocycles. The Morgan fingerprint density at radius 3 is 2.10 bits per heavy atom. The summed E-state index contributed by atoms with van der Waals surface area (Å²) in [4.78, 5) is 15.5. The Morgan fingerprint density at radius 2 is 1.24 bits per heavy atom. The summed E-state index contributed by atoms with van der Waals surface area (Å²) in [6.07, 6.45) is 8.78. The van der Waals surface area contributed by atoms with Crippen molar-refractivity contribution in [2.45, 2.75) is 12.8 Å². The van der Waals surface area contributed by atoms with E-state index in [1.165, 1.54) is 16.7 Å². The zero-order valence-electron chi connectivity index (χ0n) is 27.1. The molecule has 0 radical (unpaired) electrons. The van der Waals surface area contributed by atoms with E-state index in [9.17, 15) is 0 Å². The normalized spacial score (nSPS) is 13.1. The first-order valence-corrected chi connectivity index (χ1v) is 17.0. The van der Waals surface area contributed by atoms with Crippen LogP contribution in [-0.4, -0.2) is 19.5 Å². The molecule has 0 N–H and O–H groups in total. The van der Waals surface area contributed by atoms with Crippen LogP contribution in [-0.2, 0) is 0 Å². The van der Waals surface area contributed by atoms with Crippen molar-refractivity contribution >= 4 is 49.3 Å². The van der Waals surface area contributed by atoms with Crippen LogP contribution in [0, 0.1) is 0 Å². The van der Waals surface area contributed by atoms with Crippen molar-refractivity contribution in [3.63, 3.8) is 0 Å². The summed E-state index contributed by atoms with van der Waals surface area (Å²) < 4.78 is 8.45. The molecule has 3 aromatic heterocycles. The zero-order chi connectivity index (χ0) is 33.0. The van der Waals surface area contributed by atoms with E-state index in [2.05, 4.69) is 102 Å². The second-order valence-electron chi connectivity index (χ2n) is 12.7. The molecule has 9 aromatic rings. The van der Waals surface area contributed by atoms with Gasteiger partial charge in [0.1, 0.15) is 11.2 Å². The average molecular weight is 643 g/mol. The lowest BCUT2D eigenvalue weighted by molar-refractivity contribution is 0.669. The lowest BCUT2D eigenvalue weighted by Crippen LogP contribution is -2.06. The summed E-state index contributed by atoms with van der Waals surface area (Å²) in [7, 11) is 0. The van der Waals surface area contributed by atoms with Crippen molar-refractivity contribution < 1.29 is 4.42 Å². The summed E-state index contributed by atoms with van der Waals surface area (Å²) in [6.45, 7) is 0. The van der Waals surface area contributed by atoms with Gasteiger partial charge in [0.05, 0.1) is 11.0 Å². The van der Waals surface area contributed by atoms with Crippen molar-refractivity contribution in [2.75, 3.05) is 0 Å². The van der Waals surface area contributed by atoms with Crippen LogP contribution >= 0.6 is 0 Å². The second kappa shape index (κ2) is 11.5. The summed E-state index contributed by atoms with van der Waals surface area (Å²) in [5.74, 6) is 1.77. The third-order valence-electron chi connectivity index (χ3n) is 9.78. The standard InChI is InChI=1S/C45H30N4O/c1-3-12-29(13-4-1)30-22-24-31(25-23-30)33-26-27-35-34-16-7-9-19-38(34)49(39(35)28-33)45-47-43(32-14-5-2-6-15-32)46-44(48-45)37-18-11-21-41-42(37)36-17-8-10-20-40(36)50-41/h1-3,5-12,14-28H,4,13H2. The van der Waals surface area contributed by atoms with E-state index in [1.54, 1.807) is 0 Å². The molecule has 50 heavy (non-hydrogen) atoms. The number of hydrogen-bond donors (Lipinski definition) is 0. The van der Waals surface area contributed by atoms with Crippen molar-refractivity contribution in [1.29, 1.82) is 0 Å². The molecule has 0 saturated carbocycles. The van der Waals surface area contributed by atoms with Crippen molar-refractivity contribution in [2.24, 2.45) is 0 Å². The van der Waals surface area contributed by atoms with Crippen LogP contribution in [0.4, 0.5) is 0 Å². The van der Waals surface area contributed by atoms with Crippen molar-refractivity contribution in [3.8, 4) is 39.9 Å². The van der Waals surface area contributed by atoms with Gasteiger partial charge in [-0.2, -0.15) is 9.97 Å². The molecule has 0 saturated heterocycles. The van der Waals surface area contributed by atoms with E-state index in [1.807, 2.05) is 60.7 Å². The zero-order valence-corrected chi connectivity index (χ0v) is 27.1. The maximum atomic E-state index is 6.26. The summed E-state index contributed by atoms with van der Waals surface area (Å²) >= 11 is 0. The van der Waals surface area contributed by atoms with Gasteiger partial charge < -0.3 is 4.42 Å². The Morgan fingerprint density at radius 1 is 0.520 bits per heavy atom. The van der Waals surface area contributed by atoms with Gasteiger partial charge in [-0.05, 0) is 59.4 Å². The minimum atomic E-state index is 0.564. The Bertz CT molecular complexity index is 2800. The van der Waals surface area contributed by atoms with Gasteiger partial charge in [0.2, 0.25) is 5.95 Å². The van der Waals surface area contributed by atoms with E-state index in [-0.39, 0.29) is 0 Å². The third-order valence-corrected chi connectivity index (χ3v) is 9.78. The number of hydrogen-bond acceptors (Lipinski definition) is 4. The first-order valence-electron chi connectivity index (χ1n) is 17.0. The molecule has 6 aromatic carbocycles. The molecular formula is C45H30N4O. The fourth-order valence-corrected chi connectivity index (χ4v) is 7.35.